The topological polar surface area (TPSA) is 35.0 Å². The summed E-state index contributed by atoms with van der Waals surface area (Å²) >= 11 is 6.02. The van der Waals surface area contributed by atoms with E-state index >= 15 is 0 Å². The van der Waals surface area contributed by atoms with Gasteiger partial charge in [-0.15, -0.1) is 0 Å². The van der Waals surface area contributed by atoms with Gasteiger partial charge in [-0.05, 0) is 20.3 Å². The molecule has 88 valence electrons. The zero-order chi connectivity index (χ0) is 12.0. The van der Waals surface area contributed by atoms with E-state index in [2.05, 4.69) is 16.9 Å². The highest BCUT2D eigenvalue weighted by Gasteiger charge is 2.09. The molecule has 0 bridgehead atoms. The fraction of sp³-hybridized carbons (Fsp3) is 0.500. The third kappa shape index (κ3) is 3.49. The standard InChI is InChI=1S/C12H17ClN2O/c1-4-6-8-16-12-9(3)11(13)14-10(15-12)7-5-2/h4,6H,5,7-8H2,1-3H3/b6-4+. The molecule has 1 aromatic heterocycles. The Morgan fingerprint density at radius 2 is 2.12 bits per heavy atom. The van der Waals surface area contributed by atoms with Crippen molar-refractivity contribution in [1.82, 2.24) is 9.97 Å². The molecule has 0 saturated carbocycles. The van der Waals surface area contributed by atoms with E-state index in [1.807, 2.05) is 26.0 Å². The summed E-state index contributed by atoms with van der Waals surface area (Å²) in [7, 11) is 0. The number of allylic oxidation sites excluding steroid dienone is 1. The quantitative estimate of drug-likeness (QED) is 0.585. The van der Waals surface area contributed by atoms with Crippen molar-refractivity contribution in [3.05, 3.63) is 28.7 Å². The minimum absolute atomic E-state index is 0.480. The van der Waals surface area contributed by atoms with Gasteiger partial charge in [0.15, 0.2) is 0 Å². The highest BCUT2D eigenvalue weighted by molar-refractivity contribution is 6.30. The Morgan fingerprint density at radius 1 is 1.38 bits per heavy atom. The first-order valence-electron chi connectivity index (χ1n) is 5.46. The summed E-state index contributed by atoms with van der Waals surface area (Å²) in [6, 6.07) is 0. The summed E-state index contributed by atoms with van der Waals surface area (Å²) in [5, 5.41) is 0.480. The van der Waals surface area contributed by atoms with Gasteiger partial charge in [0.25, 0.3) is 0 Å². The van der Waals surface area contributed by atoms with E-state index in [-0.39, 0.29) is 0 Å². The predicted molar refractivity (Wildman–Crippen MR) is 66.1 cm³/mol. The zero-order valence-corrected chi connectivity index (χ0v) is 10.7. The van der Waals surface area contributed by atoms with Gasteiger partial charge in [0.05, 0.1) is 0 Å². The Balaban J connectivity index is 2.87. The summed E-state index contributed by atoms with van der Waals surface area (Å²) in [5.41, 5.74) is 0.797. The van der Waals surface area contributed by atoms with Gasteiger partial charge >= 0.3 is 0 Å². The zero-order valence-electron chi connectivity index (χ0n) is 9.96. The molecular weight excluding hydrogens is 224 g/mol. The van der Waals surface area contributed by atoms with Crippen molar-refractivity contribution in [3.8, 4) is 5.88 Å². The van der Waals surface area contributed by atoms with Crippen molar-refractivity contribution in [2.45, 2.75) is 33.6 Å². The maximum atomic E-state index is 6.02. The van der Waals surface area contributed by atoms with Gasteiger partial charge < -0.3 is 4.74 Å². The predicted octanol–water partition coefficient (Wildman–Crippen LogP) is 3.35. The second kappa shape index (κ2) is 6.48. The van der Waals surface area contributed by atoms with Crippen molar-refractivity contribution in [2.24, 2.45) is 0 Å². The molecule has 0 aliphatic carbocycles. The van der Waals surface area contributed by atoms with Crippen molar-refractivity contribution >= 4 is 11.6 Å². The lowest BCUT2D eigenvalue weighted by Gasteiger charge is -2.08. The first kappa shape index (κ1) is 13.0. The second-order valence-corrected chi connectivity index (χ2v) is 3.85. The number of hydrogen-bond donors (Lipinski definition) is 0. The molecule has 0 radical (unpaired) electrons. The smallest absolute Gasteiger partial charge is 0.221 e. The van der Waals surface area contributed by atoms with Crippen LogP contribution in [0.15, 0.2) is 12.2 Å². The number of halogens is 1. The van der Waals surface area contributed by atoms with Gasteiger partial charge in [0.2, 0.25) is 5.88 Å². The summed E-state index contributed by atoms with van der Waals surface area (Å²) in [5.74, 6) is 1.33. The van der Waals surface area contributed by atoms with Crippen LogP contribution >= 0.6 is 11.6 Å². The normalized spacial score (nSPS) is 11.0. The molecule has 1 rings (SSSR count). The lowest BCUT2D eigenvalue weighted by Crippen LogP contribution is -2.04. The van der Waals surface area contributed by atoms with Gasteiger partial charge in [-0.2, -0.15) is 4.98 Å². The molecule has 0 unspecified atom stereocenters. The van der Waals surface area contributed by atoms with E-state index in [1.165, 1.54) is 0 Å². The largest absolute Gasteiger partial charge is 0.473 e. The van der Waals surface area contributed by atoms with Crippen molar-refractivity contribution < 1.29 is 4.74 Å². The van der Waals surface area contributed by atoms with Crippen molar-refractivity contribution in [1.29, 1.82) is 0 Å². The van der Waals surface area contributed by atoms with Gasteiger partial charge in [0, 0.05) is 12.0 Å². The Morgan fingerprint density at radius 3 is 2.75 bits per heavy atom. The van der Waals surface area contributed by atoms with Crippen LogP contribution < -0.4 is 4.74 Å². The number of ether oxygens (including phenoxy) is 1. The molecular formula is C12H17ClN2O. The van der Waals surface area contributed by atoms with Crippen LogP contribution in [0, 0.1) is 6.92 Å². The lowest BCUT2D eigenvalue weighted by molar-refractivity contribution is 0.343. The number of nitrogens with zero attached hydrogens (tertiary/aromatic N) is 2. The molecule has 1 heterocycles. The van der Waals surface area contributed by atoms with Crippen LogP contribution in [0.3, 0.4) is 0 Å². The van der Waals surface area contributed by atoms with E-state index in [0.29, 0.717) is 17.6 Å². The molecule has 0 fully saturated rings. The summed E-state index contributed by atoms with van der Waals surface area (Å²) in [6.45, 7) is 6.41. The lowest BCUT2D eigenvalue weighted by atomic mass is 10.3. The molecule has 0 atom stereocenters. The number of aryl methyl sites for hydroxylation is 1. The van der Waals surface area contributed by atoms with Gasteiger partial charge in [-0.3, -0.25) is 0 Å². The SMILES string of the molecule is C/C=C/COc1nc(CCC)nc(Cl)c1C. The summed E-state index contributed by atoms with van der Waals surface area (Å²) in [4.78, 5) is 8.55. The van der Waals surface area contributed by atoms with Crippen LogP contribution in [-0.4, -0.2) is 16.6 Å². The monoisotopic (exact) mass is 240 g/mol. The average molecular weight is 241 g/mol. The molecule has 0 aliphatic rings. The van der Waals surface area contributed by atoms with E-state index in [4.69, 9.17) is 16.3 Å². The molecule has 0 amide bonds. The molecule has 0 spiro atoms. The minimum Gasteiger partial charge on any atom is -0.473 e. The fourth-order valence-electron chi connectivity index (χ4n) is 1.21. The molecule has 0 saturated heterocycles. The molecule has 1 aromatic rings. The Labute approximate surface area is 102 Å². The van der Waals surface area contributed by atoms with Gasteiger partial charge in [0.1, 0.15) is 17.6 Å². The van der Waals surface area contributed by atoms with E-state index in [9.17, 15) is 0 Å². The van der Waals surface area contributed by atoms with Crippen LogP contribution in [0.2, 0.25) is 5.15 Å². The Kier molecular flexibility index (Phi) is 5.26. The highest BCUT2D eigenvalue weighted by Crippen LogP contribution is 2.22. The van der Waals surface area contributed by atoms with Gasteiger partial charge in [-0.1, -0.05) is 30.7 Å². The van der Waals surface area contributed by atoms with E-state index in [1.54, 1.807) is 0 Å². The number of aromatic nitrogens is 2. The number of hydrogen-bond acceptors (Lipinski definition) is 3. The van der Waals surface area contributed by atoms with Crippen LogP contribution in [0.25, 0.3) is 0 Å². The average Bonchev–Trinajstić information content (AvgIpc) is 2.25. The van der Waals surface area contributed by atoms with Crippen LogP contribution in [0.5, 0.6) is 5.88 Å². The summed E-state index contributed by atoms with van der Waals surface area (Å²) < 4.78 is 5.52. The van der Waals surface area contributed by atoms with Crippen molar-refractivity contribution in [2.75, 3.05) is 6.61 Å². The van der Waals surface area contributed by atoms with Crippen molar-refractivity contribution in [3.63, 3.8) is 0 Å². The molecule has 4 heteroatoms. The third-order valence-corrected chi connectivity index (χ3v) is 2.48. The van der Waals surface area contributed by atoms with Gasteiger partial charge in [-0.25, -0.2) is 4.98 Å². The maximum absolute atomic E-state index is 6.02. The summed E-state index contributed by atoms with van der Waals surface area (Å²) in [6.07, 6.45) is 5.67. The molecule has 3 nitrogen and oxygen atoms in total. The van der Waals surface area contributed by atoms with E-state index in [0.717, 1.165) is 24.2 Å². The third-order valence-electron chi connectivity index (χ3n) is 2.11. The minimum atomic E-state index is 0.480. The fourth-order valence-corrected chi connectivity index (χ4v) is 1.39. The molecule has 0 N–H and O–H groups in total. The first-order valence-corrected chi connectivity index (χ1v) is 5.83. The molecule has 0 aliphatic heterocycles. The first-order chi connectivity index (χ1) is 7.69. The molecule has 16 heavy (non-hydrogen) atoms. The van der Waals surface area contributed by atoms with Crippen LogP contribution in [-0.2, 0) is 6.42 Å². The van der Waals surface area contributed by atoms with Crippen LogP contribution in [0.1, 0.15) is 31.7 Å². The second-order valence-electron chi connectivity index (χ2n) is 3.49. The Hall–Kier alpha value is -1.09. The van der Waals surface area contributed by atoms with Crippen LogP contribution in [0.4, 0.5) is 0 Å². The highest BCUT2D eigenvalue weighted by atomic mass is 35.5. The Bertz CT molecular complexity index is 378. The van der Waals surface area contributed by atoms with E-state index < -0.39 is 0 Å². The number of rotatable bonds is 5. The maximum Gasteiger partial charge on any atom is 0.221 e. The molecule has 0 aromatic carbocycles.